The fourth-order valence-corrected chi connectivity index (χ4v) is 4.44. The van der Waals surface area contributed by atoms with Gasteiger partial charge >= 0.3 is 0 Å². The van der Waals surface area contributed by atoms with Gasteiger partial charge in [0, 0.05) is 31.5 Å². The number of benzene rings is 3. The number of phenolic OH excluding ortho intramolecular Hbond substituents is 1. The number of amides is 1. The van der Waals surface area contributed by atoms with Crippen molar-refractivity contribution in [2.24, 2.45) is 0 Å². The van der Waals surface area contributed by atoms with Crippen molar-refractivity contribution in [3.05, 3.63) is 77.4 Å². The summed E-state index contributed by atoms with van der Waals surface area (Å²) in [6, 6.07) is 15.5. The van der Waals surface area contributed by atoms with Gasteiger partial charge in [-0.15, -0.1) is 0 Å². The average Bonchev–Trinajstić information content (AvgIpc) is 3.19. The molecule has 1 amide bonds. The molecule has 0 saturated carbocycles. The number of nitrogens with zero attached hydrogens (tertiary/aromatic N) is 2. The molecule has 1 fully saturated rings. The van der Waals surface area contributed by atoms with Gasteiger partial charge in [0.15, 0.2) is 11.5 Å². The van der Waals surface area contributed by atoms with Crippen LogP contribution in [0.4, 0.5) is 11.4 Å². The maximum atomic E-state index is 13.5. The first-order valence-corrected chi connectivity index (χ1v) is 12.0. The first-order chi connectivity index (χ1) is 18.2. The molecule has 9 heteroatoms. The van der Waals surface area contributed by atoms with E-state index in [2.05, 4.69) is 0 Å². The van der Waals surface area contributed by atoms with Crippen LogP contribution >= 0.6 is 0 Å². The van der Waals surface area contributed by atoms with Crippen molar-refractivity contribution < 1.29 is 34.0 Å². The zero-order chi connectivity index (χ0) is 27.6. The molecular weight excluding hydrogens is 488 g/mol. The van der Waals surface area contributed by atoms with E-state index in [4.69, 9.17) is 14.2 Å². The Hall–Kier alpha value is -4.66. The number of anilines is 2. The molecule has 1 saturated heterocycles. The lowest BCUT2D eigenvalue weighted by Crippen LogP contribution is -2.29. The zero-order valence-electron chi connectivity index (χ0n) is 21.9. The number of rotatable bonds is 8. The molecule has 38 heavy (non-hydrogen) atoms. The molecule has 1 aliphatic rings. The lowest BCUT2D eigenvalue weighted by Gasteiger charge is -2.26. The van der Waals surface area contributed by atoms with E-state index in [1.54, 1.807) is 49.4 Å². The second-order valence-corrected chi connectivity index (χ2v) is 8.81. The van der Waals surface area contributed by atoms with Crippen LogP contribution in [0.15, 0.2) is 66.2 Å². The Balaban J connectivity index is 1.96. The number of ether oxygens (including phenoxy) is 3. The first kappa shape index (κ1) is 26.4. The van der Waals surface area contributed by atoms with E-state index >= 15 is 0 Å². The molecule has 9 nitrogen and oxygen atoms in total. The smallest absolute Gasteiger partial charge is 0.300 e. The number of aromatic hydroxyl groups is 1. The van der Waals surface area contributed by atoms with Gasteiger partial charge in [0.05, 0.1) is 38.0 Å². The van der Waals surface area contributed by atoms with E-state index in [-0.39, 0.29) is 28.4 Å². The molecular formula is C29H30N2O7. The number of hydrogen-bond donors (Lipinski definition) is 2. The minimum atomic E-state index is -1.01. The van der Waals surface area contributed by atoms with Gasteiger partial charge in [0.2, 0.25) is 0 Å². The largest absolute Gasteiger partial charge is 0.507 e. The van der Waals surface area contributed by atoms with Gasteiger partial charge in [-0.3, -0.25) is 14.5 Å². The van der Waals surface area contributed by atoms with Crippen LogP contribution in [-0.2, 0) is 9.59 Å². The van der Waals surface area contributed by atoms with Crippen LogP contribution in [0.25, 0.3) is 5.76 Å². The van der Waals surface area contributed by atoms with Gasteiger partial charge in [-0.05, 0) is 61.0 Å². The van der Waals surface area contributed by atoms with Crippen molar-refractivity contribution in [1.29, 1.82) is 0 Å². The quantitative estimate of drug-likeness (QED) is 0.255. The third kappa shape index (κ3) is 4.70. The van der Waals surface area contributed by atoms with Crippen molar-refractivity contribution >= 4 is 28.8 Å². The summed E-state index contributed by atoms with van der Waals surface area (Å²) < 4.78 is 16.2. The predicted octanol–water partition coefficient (Wildman–Crippen LogP) is 4.50. The van der Waals surface area contributed by atoms with Gasteiger partial charge in [-0.1, -0.05) is 6.07 Å². The highest BCUT2D eigenvalue weighted by Crippen LogP contribution is 2.45. The summed E-state index contributed by atoms with van der Waals surface area (Å²) in [6.45, 7) is 2.08. The molecule has 0 spiro atoms. The number of aliphatic hydroxyl groups excluding tert-OH is 1. The third-order valence-electron chi connectivity index (χ3n) is 6.35. The van der Waals surface area contributed by atoms with E-state index in [0.717, 1.165) is 5.69 Å². The van der Waals surface area contributed by atoms with Crippen LogP contribution in [0.1, 0.15) is 24.1 Å². The maximum Gasteiger partial charge on any atom is 0.300 e. The van der Waals surface area contributed by atoms with Crippen molar-refractivity contribution in [3.8, 4) is 23.0 Å². The Bertz CT molecular complexity index is 1400. The Morgan fingerprint density at radius 3 is 2.26 bits per heavy atom. The van der Waals surface area contributed by atoms with Crippen LogP contribution in [0.3, 0.4) is 0 Å². The molecule has 198 valence electrons. The predicted molar refractivity (Wildman–Crippen MR) is 144 cm³/mol. The number of methoxy groups -OCH3 is 2. The molecule has 1 aliphatic heterocycles. The standard InChI is InChI=1S/C29H30N2O7/c1-6-38-24-15-17(7-14-22(24)32)26-25(27(33)21-13-12-20(36-4)16-23(21)37-5)28(34)29(35)31(26)19-10-8-18(9-11-19)30(2)3/h7-16,26,32-33H,6H2,1-5H3/b27-25+. The highest BCUT2D eigenvalue weighted by Gasteiger charge is 2.47. The van der Waals surface area contributed by atoms with Crippen molar-refractivity contribution in [2.45, 2.75) is 13.0 Å². The van der Waals surface area contributed by atoms with Gasteiger partial charge in [0.25, 0.3) is 11.7 Å². The molecule has 0 aromatic heterocycles. The monoisotopic (exact) mass is 518 g/mol. The normalized spacial score (nSPS) is 16.4. The van der Waals surface area contributed by atoms with E-state index in [9.17, 15) is 19.8 Å². The molecule has 0 aliphatic carbocycles. The van der Waals surface area contributed by atoms with Gasteiger partial charge in [-0.25, -0.2) is 0 Å². The van der Waals surface area contributed by atoms with E-state index < -0.39 is 23.5 Å². The fourth-order valence-electron chi connectivity index (χ4n) is 4.44. The average molecular weight is 519 g/mol. The van der Waals surface area contributed by atoms with E-state index in [0.29, 0.717) is 23.6 Å². The van der Waals surface area contributed by atoms with Crippen LogP contribution < -0.4 is 24.0 Å². The highest BCUT2D eigenvalue weighted by atomic mass is 16.5. The first-order valence-electron chi connectivity index (χ1n) is 12.0. The molecule has 3 aromatic carbocycles. The number of carbonyl (C=O) groups is 2. The van der Waals surface area contributed by atoms with Gasteiger partial charge < -0.3 is 29.3 Å². The molecule has 0 bridgehead atoms. The Kier molecular flexibility index (Phi) is 7.47. The summed E-state index contributed by atoms with van der Waals surface area (Å²) in [5.74, 6) is -1.17. The summed E-state index contributed by atoms with van der Waals surface area (Å²) in [6.07, 6.45) is 0. The summed E-state index contributed by atoms with van der Waals surface area (Å²) in [5, 5.41) is 21.8. The van der Waals surface area contributed by atoms with Gasteiger partial charge in [0.1, 0.15) is 17.3 Å². The van der Waals surface area contributed by atoms with Crippen molar-refractivity contribution in [3.63, 3.8) is 0 Å². The molecule has 3 aromatic rings. The van der Waals surface area contributed by atoms with Crippen LogP contribution in [0.2, 0.25) is 0 Å². The maximum absolute atomic E-state index is 13.5. The van der Waals surface area contributed by atoms with Crippen LogP contribution in [0.5, 0.6) is 23.0 Å². The van der Waals surface area contributed by atoms with E-state index in [1.807, 2.05) is 31.1 Å². The second-order valence-electron chi connectivity index (χ2n) is 8.81. The molecule has 1 unspecified atom stereocenters. The van der Waals surface area contributed by atoms with Crippen LogP contribution in [-0.4, -0.2) is 56.8 Å². The summed E-state index contributed by atoms with van der Waals surface area (Å²) in [7, 11) is 6.73. The number of carbonyl (C=O) groups excluding carboxylic acids is 2. The number of aliphatic hydroxyl groups is 1. The number of phenols is 1. The Morgan fingerprint density at radius 2 is 1.66 bits per heavy atom. The van der Waals surface area contributed by atoms with Crippen molar-refractivity contribution in [1.82, 2.24) is 0 Å². The molecule has 0 radical (unpaired) electrons. The van der Waals surface area contributed by atoms with E-state index in [1.165, 1.54) is 25.2 Å². The Labute approximate surface area is 221 Å². The molecule has 2 N–H and O–H groups in total. The lowest BCUT2D eigenvalue weighted by molar-refractivity contribution is -0.132. The number of hydrogen-bond acceptors (Lipinski definition) is 8. The number of Topliss-reactive ketones (excluding diaryl/α,β-unsaturated/α-hetero) is 1. The van der Waals surface area contributed by atoms with Crippen LogP contribution in [0, 0.1) is 0 Å². The van der Waals surface area contributed by atoms with Crippen molar-refractivity contribution in [2.75, 3.05) is 44.7 Å². The fraction of sp³-hybridized carbons (Fsp3) is 0.241. The molecule has 4 rings (SSSR count). The third-order valence-corrected chi connectivity index (χ3v) is 6.35. The zero-order valence-corrected chi connectivity index (χ0v) is 21.9. The lowest BCUT2D eigenvalue weighted by atomic mass is 9.94. The summed E-state index contributed by atoms with van der Waals surface area (Å²) in [5.41, 5.74) is 1.95. The Morgan fingerprint density at radius 1 is 0.947 bits per heavy atom. The van der Waals surface area contributed by atoms with Gasteiger partial charge in [-0.2, -0.15) is 0 Å². The minimum Gasteiger partial charge on any atom is -0.507 e. The highest BCUT2D eigenvalue weighted by molar-refractivity contribution is 6.51. The topological polar surface area (TPSA) is 109 Å². The SMILES string of the molecule is CCOc1cc(C2/C(=C(\O)c3ccc(OC)cc3OC)C(=O)C(=O)N2c2ccc(N(C)C)cc2)ccc1O. The summed E-state index contributed by atoms with van der Waals surface area (Å²) in [4.78, 5) is 30.2. The molecule has 1 atom stereocenters. The number of ketones is 1. The summed E-state index contributed by atoms with van der Waals surface area (Å²) >= 11 is 0. The second kappa shape index (κ2) is 10.8. The molecule has 1 heterocycles. The minimum absolute atomic E-state index is 0.0836.